The fraction of sp³-hybridized carbons (Fsp3) is 0.333. The number of benzene rings is 2. The third-order valence-corrected chi connectivity index (χ3v) is 5.56. The second kappa shape index (κ2) is 6.98. The molecule has 2 aliphatic heterocycles. The second-order valence-electron chi connectivity index (χ2n) is 6.86. The summed E-state index contributed by atoms with van der Waals surface area (Å²) in [5.41, 5.74) is 0.572. The Kier molecular flexibility index (Phi) is 4.63. The summed E-state index contributed by atoms with van der Waals surface area (Å²) in [4.78, 5) is 14.7. The van der Waals surface area contributed by atoms with E-state index in [0.717, 1.165) is 11.3 Å². The van der Waals surface area contributed by atoms with E-state index in [-0.39, 0.29) is 12.0 Å². The summed E-state index contributed by atoms with van der Waals surface area (Å²) >= 11 is 5.68. The first-order valence-electron chi connectivity index (χ1n) is 9.19. The number of carbonyl (C=O) groups is 1. The van der Waals surface area contributed by atoms with E-state index in [9.17, 15) is 4.79 Å². The molecule has 4 rings (SSSR count). The van der Waals surface area contributed by atoms with E-state index in [4.69, 9.17) is 26.4 Å². The maximum atomic E-state index is 12.8. The van der Waals surface area contributed by atoms with Crippen LogP contribution in [0.15, 0.2) is 48.5 Å². The van der Waals surface area contributed by atoms with Crippen LogP contribution in [0.3, 0.4) is 0 Å². The van der Waals surface area contributed by atoms with E-state index in [2.05, 4.69) is 5.32 Å². The van der Waals surface area contributed by atoms with Gasteiger partial charge in [-0.1, -0.05) is 30.3 Å². The summed E-state index contributed by atoms with van der Waals surface area (Å²) in [7, 11) is 1.39. The number of carbonyl (C=O) groups excluding carboxylic acids is 1. The molecule has 2 aromatic carbocycles. The van der Waals surface area contributed by atoms with Gasteiger partial charge in [0.25, 0.3) is 0 Å². The monoisotopic (exact) mass is 398 g/mol. The maximum Gasteiger partial charge on any atom is 0.317 e. The third kappa shape index (κ3) is 2.69. The Hall–Kier alpha value is -2.80. The molecule has 0 unspecified atom stereocenters. The number of rotatable bonds is 4. The Balaban J connectivity index is 1.92. The van der Waals surface area contributed by atoms with Crippen molar-refractivity contribution in [3.63, 3.8) is 0 Å². The van der Waals surface area contributed by atoms with Crippen molar-refractivity contribution in [1.29, 1.82) is 0 Å². The molecule has 0 saturated carbocycles. The molecule has 0 aromatic heterocycles. The van der Waals surface area contributed by atoms with Crippen molar-refractivity contribution in [1.82, 2.24) is 5.32 Å². The topological polar surface area (TPSA) is 60.0 Å². The van der Waals surface area contributed by atoms with Crippen molar-refractivity contribution < 1.29 is 19.0 Å². The summed E-state index contributed by atoms with van der Waals surface area (Å²) in [5, 5.41) is 3.83. The van der Waals surface area contributed by atoms with Gasteiger partial charge >= 0.3 is 5.97 Å². The lowest BCUT2D eigenvalue weighted by atomic mass is 9.79. The van der Waals surface area contributed by atoms with Gasteiger partial charge in [0.2, 0.25) is 5.72 Å². The molecule has 1 N–H and O–H groups in total. The van der Waals surface area contributed by atoms with Crippen LogP contribution in [0.2, 0.25) is 0 Å². The first-order valence-corrected chi connectivity index (χ1v) is 9.60. The Morgan fingerprint density at radius 2 is 2.00 bits per heavy atom. The van der Waals surface area contributed by atoms with Crippen molar-refractivity contribution >= 4 is 29.0 Å². The molecule has 146 valence electrons. The predicted molar refractivity (Wildman–Crippen MR) is 110 cm³/mol. The Bertz CT molecular complexity index is 920. The summed E-state index contributed by atoms with van der Waals surface area (Å²) in [6, 6.07) is 14.9. The molecule has 0 aliphatic carbocycles. The van der Waals surface area contributed by atoms with Crippen molar-refractivity contribution in [2.24, 2.45) is 5.92 Å². The molecular weight excluding hydrogens is 376 g/mol. The van der Waals surface area contributed by atoms with Gasteiger partial charge < -0.3 is 19.5 Å². The first kappa shape index (κ1) is 18.6. The Labute approximate surface area is 169 Å². The van der Waals surface area contributed by atoms with Gasteiger partial charge in [-0.05, 0) is 44.3 Å². The van der Waals surface area contributed by atoms with E-state index >= 15 is 0 Å². The molecule has 1 saturated heterocycles. The summed E-state index contributed by atoms with van der Waals surface area (Å²) < 4.78 is 17.4. The van der Waals surface area contributed by atoms with Gasteiger partial charge in [0, 0.05) is 11.3 Å². The first-order chi connectivity index (χ1) is 13.5. The van der Waals surface area contributed by atoms with Crippen molar-refractivity contribution in [3.8, 4) is 11.5 Å². The highest BCUT2D eigenvalue weighted by atomic mass is 32.1. The molecule has 0 spiro atoms. The number of nitrogens with zero attached hydrogens (tertiary/aromatic N) is 1. The highest BCUT2D eigenvalue weighted by molar-refractivity contribution is 7.80. The minimum atomic E-state index is -1.08. The van der Waals surface area contributed by atoms with Crippen molar-refractivity contribution in [2.45, 2.75) is 25.6 Å². The molecule has 3 atom stereocenters. The van der Waals surface area contributed by atoms with Gasteiger partial charge in [0.05, 0.1) is 19.8 Å². The number of nitrogens with one attached hydrogen (secondary N) is 1. The number of anilines is 1. The zero-order valence-corrected chi connectivity index (χ0v) is 16.8. The Morgan fingerprint density at radius 1 is 1.25 bits per heavy atom. The smallest absolute Gasteiger partial charge is 0.317 e. The SMILES string of the molecule is CCOc1cccc2c1O[C@@]1(C)[C@@H](C(=O)OC)[C@@H]2NC(=S)N1c1ccccc1. The van der Waals surface area contributed by atoms with Gasteiger partial charge in [-0.25, -0.2) is 0 Å². The molecule has 2 aromatic rings. The van der Waals surface area contributed by atoms with E-state index in [1.165, 1.54) is 7.11 Å². The lowest BCUT2D eigenvalue weighted by Crippen LogP contribution is -2.71. The van der Waals surface area contributed by atoms with Crippen LogP contribution in [0, 0.1) is 5.92 Å². The fourth-order valence-corrected chi connectivity index (χ4v) is 4.51. The van der Waals surface area contributed by atoms with Crippen LogP contribution >= 0.6 is 12.2 Å². The number of ether oxygens (including phenoxy) is 3. The number of hydrogen-bond donors (Lipinski definition) is 1. The van der Waals surface area contributed by atoms with Gasteiger partial charge in [0.1, 0.15) is 5.92 Å². The fourth-order valence-electron chi connectivity index (χ4n) is 4.09. The molecule has 2 aliphatic rings. The van der Waals surface area contributed by atoms with Crippen LogP contribution in [-0.4, -0.2) is 30.5 Å². The molecule has 0 amide bonds. The molecule has 2 heterocycles. The van der Waals surface area contributed by atoms with Crippen LogP contribution in [0.1, 0.15) is 25.5 Å². The van der Waals surface area contributed by atoms with E-state index < -0.39 is 11.6 Å². The normalized spacial score (nSPS) is 25.2. The standard InChI is InChI=1S/C21H22N2O4S/c1-4-26-15-12-8-11-14-17-16(19(24)25-3)21(2,27-18(14)15)23(20(28)22-17)13-9-6-5-7-10-13/h5-12,16-17H,4H2,1-3H3,(H,22,28)/t16-,17-,21+/m1/s1. The maximum absolute atomic E-state index is 12.8. The second-order valence-corrected chi connectivity index (χ2v) is 7.25. The molecule has 6 nitrogen and oxygen atoms in total. The van der Waals surface area contributed by atoms with Crippen LogP contribution in [-0.2, 0) is 9.53 Å². The molecule has 1 fully saturated rings. The minimum Gasteiger partial charge on any atom is -0.490 e. The van der Waals surface area contributed by atoms with Crippen molar-refractivity contribution in [2.75, 3.05) is 18.6 Å². The lowest BCUT2D eigenvalue weighted by molar-refractivity contribution is -0.157. The summed E-state index contributed by atoms with van der Waals surface area (Å²) in [5.74, 6) is 0.264. The number of thiocarbonyl (C=S) groups is 1. The highest BCUT2D eigenvalue weighted by Gasteiger charge is 2.60. The molecule has 2 bridgehead atoms. The lowest BCUT2D eigenvalue weighted by Gasteiger charge is -2.55. The quantitative estimate of drug-likeness (QED) is 0.625. The largest absolute Gasteiger partial charge is 0.490 e. The van der Waals surface area contributed by atoms with Crippen molar-refractivity contribution in [3.05, 3.63) is 54.1 Å². The molecule has 0 radical (unpaired) electrons. The van der Waals surface area contributed by atoms with E-state index in [0.29, 0.717) is 23.2 Å². The van der Waals surface area contributed by atoms with Gasteiger partial charge in [0.15, 0.2) is 16.6 Å². The van der Waals surface area contributed by atoms with Crippen LogP contribution in [0.25, 0.3) is 0 Å². The van der Waals surface area contributed by atoms with Crippen LogP contribution < -0.4 is 19.7 Å². The third-order valence-electron chi connectivity index (χ3n) is 5.26. The average molecular weight is 398 g/mol. The number of para-hydroxylation sites is 2. The number of esters is 1. The van der Waals surface area contributed by atoms with Gasteiger partial charge in [-0.2, -0.15) is 0 Å². The number of fused-ring (bicyclic) bond motifs is 4. The summed E-state index contributed by atoms with van der Waals surface area (Å²) in [6.07, 6.45) is 0. The molecule has 28 heavy (non-hydrogen) atoms. The zero-order valence-electron chi connectivity index (χ0n) is 16.0. The highest BCUT2D eigenvalue weighted by Crippen LogP contribution is 2.52. The van der Waals surface area contributed by atoms with Gasteiger partial charge in [-0.15, -0.1) is 0 Å². The zero-order chi connectivity index (χ0) is 19.9. The Morgan fingerprint density at radius 3 is 2.68 bits per heavy atom. The minimum absolute atomic E-state index is 0.365. The molecular formula is C21H22N2O4S. The van der Waals surface area contributed by atoms with Gasteiger partial charge in [-0.3, -0.25) is 9.69 Å². The number of methoxy groups -OCH3 is 1. The predicted octanol–water partition coefficient (Wildman–Crippen LogP) is 3.42. The average Bonchev–Trinajstić information content (AvgIpc) is 2.68. The van der Waals surface area contributed by atoms with E-state index in [1.807, 2.05) is 67.3 Å². The van der Waals surface area contributed by atoms with Crippen LogP contribution in [0.5, 0.6) is 11.5 Å². The van der Waals surface area contributed by atoms with Crippen LogP contribution in [0.4, 0.5) is 5.69 Å². The number of hydrogen-bond acceptors (Lipinski definition) is 5. The molecule has 7 heteroatoms. The summed E-state index contributed by atoms with van der Waals surface area (Å²) in [6.45, 7) is 4.30. The van der Waals surface area contributed by atoms with E-state index in [1.54, 1.807) is 0 Å².